The Morgan fingerprint density at radius 2 is 1.76 bits per heavy atom. The predicted molar refractivity (Wildman–Crippen MR) is 226 cm³/mol. The van der Waals surface area contributed by atoms with Crippen LogP contribution in [0, 0.1) is 13.8 Å². The van der Waals surface area contributed by atoms with Crippen molar-refractivity contribution in [1.29, 1.82) is 0 Å². The van der Waals surface area contributed by atoms with E-state index in [1.165, 1.54) is 17.7 Å². The molecule has 6 aromatic rings. The number of benzene rings is 3. The molecule has 12 nitrogen and oxygen atoms in total. The number of methoxy groups -OCH3 is 1. The van der Waals surface area contributed by atoms with Crippen molar-refractivity contribution >= 4 is 66.7 Å². The van der Waals surface area contributed by atoms with Crippen LogP contribution in [-0.2, 0) is 22.6 Å². The lowest BCUT2D eigenvalue weighted by atomic mass is 9.95. The molecular formula is C42H39BrCl2N4O8S. The van der Waals surface area contributed by atoms with E-state index in [-0.39, 0.29) is 41.3 Å². The number of aromatic nitrogens is 4. The minimum Gasteiger partial charge on any atom is -0.496 e. The molecule has 58 heavy (non-hydrogen) atoms. The zero-order valence-corrected chi connectivity index (χ0v) is 36.3. The zero-order chi connectivity index (χ0) is 41.3. The van der Waals surface area contributed by atoms with Crippen molar-refractivity contribution in [2.45, 2.75) is 65.5 Å². The van der Waals surface area contributed by atoms with Crippen LogP contribution in [0.4, 0.5) is 0 Å². The topological polar surface area (TPSA) is 144 Å². The summed E-state index contributed by atoms with van der Waals surface area (Å²) in [6.07, 6.45) is 0.947. The van der Waals surface area contributed by atoms with Gasteiger partial charge in [-0.3, -0.25) is 0 Å². The van der Waals surface area contributed by atoms with Crippen molar-refractivity contribution in [3.05, 3.63) is 97.3 Å². The van der Waals surface area contributed by atoms with Gasteiger partial charge < -0.3 is 33.5 Å². The molecule has 2 aliphatic heterocycles. The van der Waals surface area contributed by atoms with Gasteiger partial charge in [0.05, 0.1) is 44.2 Å². The van der Waals surface area contributed by atoms with Crippen LogP contribution in [0.3, 0.4) is 0 Å². The van der Waals surface area contributed by atoms with E-state index in [0.717, 1.165) is 9.35 Å². The van der Waals surface area contributed by atoms with Crippen molar-refractivity contribution in [2.24, 2.45) is 0 Å². The summed E-state index contributed by atoms with van der Waals surface area (Å²) >= 11 is 19.1. The molecule has 0 aliphatic carbocycles. The van der Waals surface area contributed by atoms with E-state index < -0.39 is 30.4 Å². The van der Waals surface area contributed by atoms with Gasteiger partial charge in [0.15, 0.2) is 17.7 Å². The molecule has 3 aromatic heterocycles. The second-order valence-corrected chi connectivity index (χ2v) is 17.5. The predicted octanol–water partition coefficient (Wildman–Crippen LogP) is 9.55. The van der Waals surface area contributed by atoms with Crippen LogP contribution in [0.25, 0.3) is 32.7 Å². The Hall–Kier alpha value is -4.73. The number of fused-ring (bicyclic) bond motifs is 7. The first-order valence-electron chi connectivity index (χ1n) is 18.2. The van der Waals surface area contributed by atoms with Gasteiger partial charge in [0, 0.05) is 23.7 Å². The van der Waals surface area contributed by atoms with E-state index in [1.807, 2.05) is 38.1 Å². The molecule has 0 unspecified atom stereocenters. The van der Waals surface area contributed by atoms with Crippen molar-refractivity contribution < 1.29 is 38.3 Å². The number of esters is 1. The molecule has 3 aromatic carbocycles. The van der Waals surface area contributed by atoms with Gasteiger partial charge in [-0.05, 0) is 104 Å². The number of halogens is 3. The minimum absolute atomic E-state index is 0.0201. The Bertz CT molecular complexity index is 2480. The Labute approximate surface area is 357 Å². The highest BCUT2D eigenvalue weighted by atomic mass is 79.9. The maximum absolute atomic E-state index is 14.1. The molecule has 0 amide bonds. The van der Waals surface area contributed by atoms with E-state index >= 15 is 0 Å². The zero-order valence-electron chi connectivity index (χ0n) is 32.4. The third kappa shape index (κ3) is 8.67. The average molecular weight is 911 g/mol. The van der Waals surface area contributed by atoms with Crippen LogP contribution in [0.15, 0.2) is 64.8 Å². The van der Waals surface area contributed by atoms with E-state index in [0.29, 0.717) is 66.8 Å². The number of ether oxygens (including phenoxy) is 6. The first-order valence-corrected chi connectivity index (χ1v) is 20.5. The molecule has 4 bridgehead atoms. The van der Waals surface area contributed by atoms with Gasteiger partial charge in [-0.2, -0.15) is 0 Å². The molecule has 5 heterocycles. The summed E-state index contributed by atoms with van der Waals surface area (Å²) in [4.78, 5) is 33.0. The lowest BCUT2D eigenvalue weighted by Crippen LogP contribution is -2.37. The fourth-order valence-electron chi connectivity index (χ4n) is 6.50. The number of aliphatic hydroxyl groups excluding tert-OH is 1. The lowest BCUT2D eigenvalue weighted by Gasteiger charge is -2.25. The molecular weight excluding hydrogens is 871 g/mol. The number of nitrogens with zero attached hydrogens (tertiary/aromatic N) is 4. The summed E-state index contributed by atoms with van der Waals surface area (Å²) in [6, 6.07) is 14.4. The van der Waals surface area contributed by atoms with Crippen LogP contribution >= 0.6 is 50.5 Å². The third-order valence-corrected chi connectivity index (χ3v) is 11.9. The SMILES string of the molecule is COc1ccccc1-c1nccc(COc2ccc3cc2C[C@H](C(=O)OC(C)(C)C)Oc2ncnc4sc(Br)c(c24)-c2c(C)c(Cl)c(c(Cl)c2C)O[C@H](CO)CO3)n1. The van der Waals surface area contributed by atoms with Gasteiger partial charge in [-0.25, -0.2) is 24.7 Å². The van der Waals surface area contributed by atoms with Crippen LogP contribution in [0.5, 0.6) is 28.9 Å². The van der Waals surface area contributed by atoms with Gasteiger partial charge in [0.25, 0.3) is 0 Å². The molecule has 0 radical (unpaired) electrons. The highest BCUT2D eigenvalue weighted by Gasteiger charge is 2.33. The van der Waals surface area contributed by atoms with E-state index in [9.17, 15) is 9.90 Å². The van der Waals surface area contributed by atoms with E-state index in [2.05, 4.69) is 30.9 Å². The Kier molecular flexibility index (Phi) is 12.3. The molecule has 2 atom stereocenters. The van der Waals surface area contributed by atoms with Gasteiger partial charge in [-0.15, -0.1) is 11.3 Å². The van der Waals surface area contributed by atoms with Crippen LogP contribution in [0.2, 0.25) is 10.0 Å². The number of hydrogen-bond acceptors (Lipinski definition) is 13. The summed E-state index contributed by atoms with van der Waals surface area (Å²) in [7, 11) is 1.59. The van der Waals surface area contributed by atoms with Gasteiger partial charge >= 0.3 is 5.97 Å². The highest BCUT2D eigenvalue weighted by molar-refractivity contribution is 9.11. The fraction of sp³-hybridized carbons (Fsp3) is 0.310. The quantitative estimate of drug-likeness (QED) is 0.152. The largest absolute Gasteiger partial charge is 0.496 e. The van der Waals surface area contributed by atoms with Crippen molar-refractivity contribution in [3.63, 3.8) is 0 Å². The van der Waals surface area contributed by atoms with Gasteiger partial charge in [0.1, 0.15) is 47.2 Å². The number of hydrogen-bond donors (Lipinski definition) is 1. The van der Waals surface area contributed by atoms with Crippen LogP contribution in [0.1, 0.15) is 43.2 Å². The van der Waals surface area contributed by atoms with E-state index in [4.69, 9.17) is 56.6 Å². The summed E-state index contributed by atoms with van der Waals surface area (Å²) in [5, 5.41) is 11.5. The molecule has 302 valence electrons. The molecule has 0 spiro atoms. The second-order valence-electron chi connectivity index (χ2n) is 14.4. The van der Waals surface area contributed by atoms with Gasteiger partial charge in [-0.1, -0.05) is 35.3 Å². The number of aliphatic hydroxyl groups is 1. The molecule has 1 N–H and O–H groups in total. The second kappa shape index (κ2) is 17.2. The number of carbonyl (C=O) groups excluding carboxylic acids is 1. The molecule has 0 fully saturated rings. The Morgan fingerprint density at radius 1 is 1.00 bits per heavy atom. The Balaban J connectivity index is 1.34. The number of thiophene rings is 1. The smallest absolute Gasteiger partial charge is 0.348 e. The molecule has 0 saturated heterocycles. The standard InChI is InChI=1S/C42H39BrCl2N4O8S/c1-21-31-22(2)35(45)36(34(21)44)55-26(17-50)19-53-25-11-12-28(54-18-24-13-14-46-38(49-24)27-9-7-8-10-29(27)52-6)23(15-25)16-30(41(51)57-42(3,4)5)56-39-33-32(31)37(43)58-40(33)48-20-47-39/h7-15,20,26,30,50H,16-19H2,1-6H3/t26-,30-/m1/s1. The fourth-order valence-corrected chi connectivity index (χ4v) is 8.74. The molecule has 0 saturated carbocycles. The van der Waals surface area contributed by atoms with Gasteiger partial charge in [0.2, 0.25) is 12.0 Å². The first-order chi connectivity index (χ1) is 27.8. The summed E-state index contributed by atoms with van der Waals surface area (Å²) in [5.41, 5.74) is 3.75. The van der Waals surface area contributed by atoms with Crippen LogP contribution < -0.4 is 23.7 Å². The lowest BCUT2D eigenvalue weighted by molar-refractivity contribution is -0.163. The maximum atomic E-state index is 14.1. The Morgan fingerprint density at radius 3 is 2.48 bits per heavy atom. The summed E-state index contributed by atoms with van der Waals surface area (Å²) in [5.74, 6) is 1.69. The van der Waals surface area contributed by atoms with Crippen molar-refractivity contribution in [2.75, 3.05) is 20.3 Å². The first kappa shape index (κ1) is 41.4. The number of para-hydroxylation sites is 1. The van der Waals surface area contributed by atoms with E-state index in [1.54, 1.807) is 58.3 Å². The van der Waals surface area contributed by atoms with Crippen molar-refractivity contribution in [1.82, 2.24) is 19.9 Å². The number of rotatable bonds is 7. The monoisotopic (exact) mass is 908 g/mol. The number of carbonyl (C=O) groups is 1. The van der Waals surface area contributed by atoms with Crippen LogP contribution in [-0.4, -0.2) is 69.1 Å². The summed E-state index contributed by atoms with van der Waals surface area (Å²) in [6.45, 7) is 8.65. The third-order valence-electron chi connectivity index (χ3n) is 9.19. The molecule has 16 heteroatoms. The minimum atomic E-state index is -1.22. The molecule has 2 aliphatic rings. The average Bonchev–Trinajstić information content (AvgIpc) is 3.54. The molecule has 8 rings (SSSR count). The van der Waals surface area contributed by atoms with Crippen molar-refractivity contribution in [3.8, 4) is 51.4 Å². The highest BCUT2D eigenvalue weighted by Crippen LogP contribution is 2.52. The summed E-state index contributed by atoms with van der Waals surface area (Å²) < 4.78 is 37.7. The normalized spacial score (nSPS) is 15.6. The maximum Gasteiger partial charge on any atom is 0.348 e.